The molecule has 1 heterocycles. The number of benzene rings is 1. The van der Waals surface area contributed by atoms with Crippen LogP contribution >= 0.6 is 0 Å². The largest absolute Gasteiger partial charge is 0.507 e. The van der Waals surface area contributed by atoms with Crippen molar-refractivity contribution >= 4 is 5.78 Å². The average molecular weight is 217 g/mol. The van der Waals surface area contributed by atoms with Gasteiger partial charge in [0.1, 0.15) is 5.75 Å². The van der Waals surface area contributed by atoms with Gasteiger partial charge in [-0.1, -0.05) is 12.1 Å². The van der Waals surface area contributed by atoms with E-state index in [1.807, 2.05) is 6.20 Å². The molecule has 2 rings (SSSR count). The Balaban J connectivity index is 2.05. The number of likely N-dealkylation sites (tertiary alicyclic amines) is 1. The van der Waals surface area contributed by atoms with Crippen molar-refractivity contribution in [3.05, 3.63) is 42.1 Å². The van der Waals surface area contributed by atoms with Crippen LogP contribution in [-0.2, 0) is 0 Å². The van der Waals surface area contributed by atoms with E-state index in [2.05, 4.69) is 4.90 Å². The highest BCUT2D eigenvalue weighted by Crippen LogP contribution is 2.17. The van der Waals surface area contributed by atoms with Gasteiger partial charge in [0, 0.05) is 25.4 Å². The van der Waals surface area contributed by atoms with Crippen LogP contribution in [-0.4, -0.2) is 28.9 Å². The summed E-state index contributed by atoms with van der Waals surface area (Å²) in [6.45, 7) is 2.04. The maximum absolute atomic E-state index is 11.7. The molecule has 0 aliphatic carbocycles. The molecule has 1 fully saturated rings. The van der Waals surface area contributed by atoms with Gasteiger partial charge in [0.25, 0.3) is 0 Å². The normalized spacial score (nSPS) is 15.9. The molecule has 0 spiro atoms. The quantitative estimate of drug-likeness (QED) is 0.623. The third kappa shape index (κ3) is 2.42. The van der Waals surface area contributed by atoms with Gasteiger partial charge in [-0.05, 0) is 25.0 Å². The number of aromatic hydroxyl groups is 1. The molecule has 84 valence electrons. The van der Waals surface area contributed by atoms with Gasteiger partial charge in [0.2, 0.25) is 0 Å². The van der Waals surface area contributed by atoms with Crippen molar-refractivity contribution in [2.24, 2.45) is 0 Å². The molecule has 0 atom stereocenters. The second-order valence-corrected chi connectivity index (χ2v) is 3.94. The molecule has 16 heavy (non-hydrogen) atoms. The Labute approximate surface area is 95.0 Å². The number of para-hydroxylation sites is 1. The van der Waals surface area contributed by atoms with Crippen molar-refractivity contribution in [1.82, 2.24) is 4.90 Å². The van der Waals surface area contributed by atoms with E-state index in [4.69, 9.17) is 0 Å². The molecular weight excluding hydrogens is 202 g/mol. The minimum Gasteiger partial charge on any atom is -0.507 e. The number of carbonyl (C=O) groups is 1. The van der Waals surface area contributed by atoms with E-state index < -0.39 is 0 Å². The van der Waals surface area contributed by atoms with Crippen LogP contribution in [0.3, 0.4) is 0 Å². The van der Waals surface area contributed by atoms with Gasteiger partial charge in [-0.3, -0.25) is 4.79 Å². The monoisotopic (exact) mass is 217 g/mol. The summed E-state index contributed by atoms with van der Waals surface area (Å²) >= 11 is 0. The molecule has 0 saturated carbocycles. The summed E-state index contributed by atoms with van der Waals surface area (Å²) in [5, 5.41) is 9.50. The van der Waals surface area contributed by atoms with Crippen LogP contribution < -0.4 is 0 Å². The summed E-state index contributed by atoms with van der Waals surface area (Å²) in [4.78, 5) is 13.9. The van der Waals surface area contributed by atoms with Crippen molar-refractivity contribution in [2.45, 2.75) is 12.8 Å². The highest BCUT2D eigenvalue weighted by atomic mass is 16.3. The standard InChI is InChI=1S/C13H15NO2/c15-12-6-2-1-5-11(12)13(16)7-10-14-8-3-4-9-14/h1-2,5-7,10,15H,3-4,8-9H2/b10-7+. The van der Waals surface area contributed by atoms with Crippen LogP contribution in [0.5, 0.6) is 5.75 Å². The van der Waals surface area contributed by atoms with Crippen molar-refractivity contribution in [2.75, 3.05) is 13.1 Å². The third-order valence-corrected chi connectivity index (χ3v) is 2.75. The number of allylic oxidation sites excluding steroid dienone is 1. The van der Waals surface area contributed by atoms with E-state index in [0.717, 1.165) is 13.1 Å². The summed E-state index contributed by atoms with van der Waals surface area (Å²) in [6.07, 6.45) is 5.73. The van der Waals surface area contributed by atoms with Gasteiger partial charge in [0.15, 0.2) is 5.78 Å². The Bertz CT molecular complexity index is 406. The summed E-state index contributed by atoms with van der Waals surface area (Å²) in [5.41, 5.74) is 0.359. The number of carbonyl (C=O) groups excluding carboxylic acids is 1. The van der Waals surface area contributed by atoms with Crippen LogP contribution in [0.2, 0.25) is 0 Å². The predicted molar refractivity (Wildman–Crippen MR) is 62.4 cm³/mol. The van der Waals surface area contributed by atoms with Gasteiger partial charge in [-0.2, -0.15) is 0 Å². The lowest BCUT2D eigenvalue weighted by molar-refractivity contribution is 0.104. The van der Waals surface area contributed by atoms with Crippen molar-refractivity contribution in [3.63, 3.8) is 0 Å². The number of rotatable bonds is 3. The lowest BCUT2D eigenvalue weighted by Crippen LogP contribution is -2.11. The van der Waals surface area contributed by atoms with Gasteiger partial charge < -0.3 is 10.0 Å². The van der Waals surface area contributed by atoms with E-state index >= 15 is 0 Å². The van der Waals surface area contributed by atoms with Crippen LogP contribution in [0.4, 0.5) is 0 Å². The summed E-state index contributed by atoms with van der Waals surface area (Å²) < 4.78 is 0. The Hall–Kier alpha value is -1.77. The molecule has 3 nitrogen and oxygen atoms in total. The van der Waals surface area contributed by atoms with Crippen LogP contribution in [0.1, 0.15) is 23.2 Å². The van der Waals surface area contributed by atoms with Crippen molar-refractivity contribution < 1.29 is 9.90 Å². The first-order valence-corrected chi connectivity index (χ1v) is 5.52. The molecule has 1 N–H and O–H groups in total. The van der Waals surface area contributed by atoms with E-state index in [1.54, 1.807) is 18.2 Å². The summed E-state index contributed by atoms with van der Waals surface area (Å²) in [5.74, 6) is -0.108. The fraction of sp³-hybridized carbons (Fsp3) is 0.308. The van der Waals surface area contributed by atoms with Crippen molar-refractivity contribution in [3.8, 4) is 5.75 Å². The fourth-order valence-corrected chi connectivity index (χ4v) is 1.84. The predicted octanol–water partition coefficient (Wildman–Crippen LogP) is 2.18. The van der Waals surface area contributed by atoms with Gasteiger partial charge in [-0.25, -0.2) is 0 Å². The van der Waals surface area contributed by atoms with Gasteiger partial charge in [-0.15, -0.1) is 0 Å². The number of phenols is 1. The summed E-state index contributed by atoms with van der Waals surface area (Å²) in [7, 11) is 0. The first kappa shape index (κ1) is 10.7. The Kier molecular flexibility index (Phi) is 3.25. The zero-order valence-corrected chi connectivity index (χ0v) is 9.10. The molecule has 0 aromatic heterocycles. The zero-order chi connectivity index (χ0) is 11.4. The first-order valence-electron chi connectivity index (χ1n) is 5.52. The lowest BCUT2D eigenvalue weighted by Gasteiger charge is -2.09. The smallest absolute Gasteiger partial charge is 0.190 e. The van der Waals surface area contributed by atoms with Crippen LogP contribution in [0, 0.1) is 0 Å². The third-order valence-electron chi connectivity index (χ3n) is 2.75. The Morgan fingerprint density at radius 2 is 1.94 bits per heavy atom. The zero-order valence-electron chi connectivity index (χ0n) is 9.10. The molecular formula is C13H15NO2. The van der Waals surface area contributed by atoms with Crippen LogP contribution in [0.15, 0.2) is 36.5 Å². The highest BCUT2D eigenvalue weighted by Gasteiger charge is 2.09. The summed E-state index contributed by atoms with van der Waals surface area (Å²) in [6, 6.07) is 6.61. The van der Waals surface area contributed by atoms with Crippen molar-refractivity contribution in [1.29, 1.82) is 0 Å². The SMILES string of the molecule is O=C(/C=C/N1CCCC1)c1ccccc1O. The van der Waals surface area contributed by atoms with Crippen LogP contribution in [0.25, 0.3) is 0 Å². The minimum atomic E-state index is -0.148. The maximum atomic E-state index is 11.7. The van der Waals surface area contributed by atoms with Gasteiger partial charge in [0.05, 0.1) is 5.56 Å². The fourth-order valence-electron chi connectivity index (χ4n) is 1.84. The van der Waals surface area contributed by atoms with Gasteiger partial charge >= 0.3 is 0 Å². The molecule has 1 aliphatic heterocycles. The Morgan fingerprint density at radius 1 is 1.25 bits per heavy atom. The molecule has 0 unspecified atom stereocenters. The minimum absolute atomic E-state index is 0.0403. The van der Waals surface area contributed by atoms with E-state index in [1.165, 1.54) is 25.0 Å². The number of hydrogen-bond donors (Lipinski definition) is 1. The molecule has 0 radical (unpaired) electrons. The molecule has 1 saturated heterocycles. The number of phenolic OH excluding ortho intramolecular Hbond substituents is 1. The molecule has 1 aromatic carbocycles. The number of nitrogens with zero attached hydrogens (tertiary/aromatic N) is 1. The molecule has 3 heteroatoms. The first-order chi connectivity index (χ1) is 7.77. The highest BCUT2D eigenvalue weighted by molar-refractivity contribution is 6.06. The molecule has 0 bridgehead atoms. The molecule has 0 amide bonds. The second-order valence-electron chi connectivity index (χ2n) is 3.94. The lowest BCUT2D eigenvalue weighted by atomic mass is 10.1. The number of ketones is 1. The second kappa shape index (κ2) is 4.84. The maximum Gasteiger partial charge on any atom is 0.190 e. The Morgan fingerprint density at radius 3 is 2.62 bits per heavy atom. The molecule has 1 aromatic rings. The van der Waals surface area contributed by atoms with E-state index in [-0.39, 0.29) is 11.5 Å². The number of hydrogen-bond acceptors (Lipinski definition) is 3. The topological polar surface area (TPSA) is 40.5 Å². The van der Waals surface area contributed by atoms with E-state index in [0.29, 0.717) is 5.56 Å². The average Bonchev–Trinajstić information content (AvgIpc) is 2.79. The molecule has 1 aliphatic rings. The van der Waals surface area contributed by atoms with E-state index in [9.17, 15) is 9.90 Å².